The number of esters is 1. The summed E-state index contributed by atoms with van der Waals surface area (Å²) in [6, 6.07) is 9.81. The van der Waals surface area contributed by atoms with Gasteiger partial charge in [0.2, 0.25) is 0 Å². The predicted octanol–water partition coefficient (Wildman–Crippen LogP) is 2.59. The number of carbonyl (C=O) groups excluding carboxylic acids is 1. The molecule has 0 radical (unpaired) electrons. The van der Waals surface area contributed by atoms with E-state index in [1.54, 1.807) is 0 Å². The summed E-state index contributed by atoms with van der Waals surface area (Å²) in [6.45, 7) is 4.58. The molecule has 2 bridgehead atoms. The van der Waals surface area contributed by atoms with Crippen LogP contribution in [0.1, 0.15) is 19.4 Å². The Labute approximate surface area is 142 Å². The normalized spacial score (nSPS) is 37.4. The topological polar surface area (TPSA) is 72.8 Å². The van der Waals surface area contributed by atoms with Gasteiger partial charge in [0, 0.05) is 11.8 Å². The van der Waals surface area contributed by atoms with Gasteiger partial charge in [0.05, 0.1) is 31.7 Å². The van der Waals surface area contributed by atoms with Gasteiger partial charge in [0.15, 0.2) is 0 Å². The first-order valence-electron chi connectivity index (χ1n) is 8.43. The molecule has 4 unspecified atom stereocenters. The number of carboxylic acids is 1. The number of aliphatic carboxylic acids is 1. The number of methoxy groups -OCH3 is 1. The molecular weight excluding hydrogens is 308 g/mol. The van der Waals surface area contributed by atoms with Gasteiger partial charge in [0.25, 0.3) is 0 Å². The summed E-state index contributed by atoms with van der Waals surface area (Å²) >= 11 is 0. The number of rotatable bonds is 5. The average Bonchev–Trinajstić information content (AvgIpc) is 3.04. The van der Waals surface area contributed by atoms with E-state index >= 15 is 0 Å². The SMILES string of the molecule is COC(=O)[C@@H]1C(C(=O)O)C2C(OCc3ccccc3)C1[C@H](C)[C@H]2C. The van der Waals surface area contributed by atoms with E-state index in [1.807, 2.05) is 30.3 Å². The van der Waals surface area contributed by atoms with Crippen molar-refractivity contribution in [3.63, 3.8) is 0 Å². The third-order valence-corrected chi connectivity index (χ3v) is 6.06. The van der Waals surface area contributed by atoms with Gasteiger partial charge >= 0.3 is 11.9 Å². The van der Waals surface area contributed by atoms with Gasteiger partial charge in [-0.2, -0.15) is 0 Å². The second kappa shape index (κ2) is 6.55. The molecule has 0 aromatic heterocycles. The monoisotopic (exact) mass is 332 g/mol. The van der Waals surface area contributed by atoms with Crippen LogP contribution in [-0.2, 0) is 25.7 Å². The highest BCUT2D eigenvalue weighted by Crippen LogP contribution is 2.59. The van der Waals surface area contributed by atoms with Crippen molar-refractivity contribution < 1.29 is 24.2 Å². The van der Waals surface area contributed by atoms with Crippen LogP contribution < -0.4 is 0 Å². The Morgan fingerprint density at radius 3 is 2.17 bits per heavy atom. The Kier molecular flexibility index (Phi) is 4.63. The predicted molar refractivity (Wildman–Crippen MR) is 87.0 cm³/mol. The van der Waals surface area contributed by atoms with E-state index in [2.05, 4.69) is 13.8 Å². The number of benzene rings is 1. The zero-order valence-corrected chi connectivity index (χ0v) is 14.2. The smallest absolute Gasteiger partial charge is 0.309 e. The quantitative estimate of drug-likeness (QED) is 0.839. The van der Waals surface area contributed by atoms with Gasteiger partial charge < -0.3 is 14.6 Å². The lowest BCUT2D eigenvalue weighted by molar-refractivity contribution is -0.160. The van der Waals surface area contributed by atoms with Gasteiger partial charge in [-0.25, -0.2) is 0 Å². The summed E-state index contributed by atoms with van der Waals surface area (Å²) in [7, 11) is 1.32. The van der Waals surface area contributed by atoms with E-state index in [-0.39, 0.29) is 29.8 Å². The number of fused-ring (bicyclic) bond motifs is 2. The van der Waals surface area contributed by atoms with Crippen molar-refractivity contribution in [1.82, 2.24) is 0 Å². The van der Waals surface area contributed by atoms with Crippen molar-refractivity contribution in [3.05, 3.63) is 35.9 Å². The van der Waals surface area contributed by atoms with Crippen molar-refractivity contribution in [2.24, 2.45) is 35.5 Å². The van der Waals surface area contributed by atoms with Gasteiger partial charge in [0.1, 0.15) is 0 Å². The molecule has 3 rings (SSSR count). The molecule has 0 spiro atoms. The van der Waals surface area contributed by atoms with Crippen LogP contribution in [0.3, 0.4) is 0 Å². The van der Waals surface area contributed by atoms with Gasteiger partial charge in [-0.3, -0.25) is 9.59 Å². The third-order valence-electron chi connectivity index (χ3n) is 6.06. The molecule has 0 saturated heterocycles. The lowest BCUT2D eigenvalue weighted by Gasteiger charge is -2.33. The largest absolute Gasteiger partial charge is 0.481 e. The van der Waals surface area contributed by atoms with Crippen LogP contribution in [-0.4, -0.2) is 30.3 Å². The van der Waals surface area contributed by atoms with Crippen LogP contribution in [0.4, 0.5) is 0 Å². The number of hydrogen-bond donors (Lipinski definition) is 1. The van der Waals surface area contributed by atoms with Crippen LogP contribution in [0.2, 0.25) is 0 Å². The highest BCUT2D eigenvalue weighted by molar-refractivity contribution is 5.83. The Hall–Kier alpha value is -1.88. The van der Waals surface area contributed by atoms with Crippen molar-refractivity contribution in [1.29, 1.82) is 0 Å². The molecule has 1 aromatic rings. The Morgan fingerprint density at radius 2 is 1.62 bits per heavy atom. The van der Waals surface area contributed by atoms with Gasteiger partial charge in [-0.05, 0) is 17.4 Å². The number of carboxylic acid groups (broad SMARTS) is 1. The van der Waals surface area contributed by atoms with Crippen LogP contribution in [0, 0.1) is 35.5 Å². The van der Waals surface area contributed by atoms with Crippen molar-refractivity contribution in [3.8, 4) is 0 Å². The minimum atomic E-state index is -0.926. The third kappa shape index (κ3) is 2.61. The minimum absolute atomic E-state index is 0.109. The molecule has 2 aliphatic carbocycles. The summed E-state index contributed by atoms with van der Waals surface area (Å²) in [6.07, 6.45) is -0.222. The highest BCUT2D eigenvalue weighted by Gasteiger charge is 2.66. The zero-order chi connectivity index (χ0) is 17.4. The molecule has 5 heteroatoms. The molecule has 0 amide bonds. The molecule has 0 aliphatic heterocycles. The van der Waals surface area contributed by atoms with E-state index in [0.717, 1.165) is 5.56 Å². The van der Waals surface area contributed by atoms with E-state index in [0.29, 0.717) is 6.61 Å². The summed E-state index contributed by atoms with van der Waals surface area (Å²) in [4.78, 5) is 24.1. The molecule has 2 fully saturated rings. The van der Waals surface area contributed by atoms with Crippen LogP contribution in [0.5, 0.6) is 0 Å². The maximum atomic E-state index is 12.2. The lowest BCUT2D eigenvalue weighted by Crippen LogP contribution is -2.41. The first-order valence-corrected chi connectivity index (χ1v) is 8.43. The Balaban J connectivity index is 1.86. The molecular formula is C19H24O5. The first kappa shape index (κ1) is 17.0. The Bertz CT molecular complexity index is 613. The summed E-state index contributed by atoms with van der Waals surface area (Å²) in [5, 5.41) is 9.69. The molecule has 24 heavy (non-hydrogen) atoms. The molecule has 1 aromatic carbocycles. The highest BCUT2D eigenvalue weighted by atomic mass is 16.5. The first-order chi connectivity index (χ1) is 11.5. The number of ether oxygens (including phenoxy) is 2. The molecule has 2 saturated carbocycles. The molecule has 0 heterocycles. The maximum Gasteiger partial charge on any atom is 0.309 e. The maximum absolute atomic E-state index is 12.2. The summed E-state index contributed by atoms with van der Waals surface area (Å²) < 4.78 is 11.1. The second-order valence-corrected chi connectivity index (χ2v) is 7.05. The summed E-state index contributed by atoms with van der Waals surface area (Å²) in [5.41, 5.74) is 1.05. The fourth-order valence-electron chi connectivity index (χ4n) is 4.84. The molecule has 130 valence electrons. The van der Waals surface area contributed by atoms with Crippen LogP contribution in [0.15, 0.2) is 30.3 Å². The van der Waals surface area contributed by atoms with E-state index in [1.165, 1.54) is 7.11 Å². The Morgan fingerprint density at radius 1 is 1.04 bits per heavy atom. The van der Waals surface area contributed by atoms with Gasteiger partial charge in [-0.1, -0.05) is 44.2 Å². The van der Waals surface area contributed by atoms with Gasteiger partial charge in [-0.15, -0.1) is 0 Å². The van der Waals surface area contributed by atoms with Crippen LogP contribution >= 0.6 is 0 Å². The fraction of sp³-hybridized carbons (Fsp3) is 0.579. The van der Waals surface area contributed by atoms with Crippen LogP contribution in [0.25, 0.3) is 0 Å². The molecule has 2 aliphatic rings. The summed E-state index contributed by atoms with van der Waals surface area (Å²) in [5.74, 6) is -2.53. The standard InChI is InChI=1S/C19H24O5/c1-10-11(2)14-16(19(22)23-3)15(18(20)21)13(10)17(14)24-9-12-7-5-4-6-8-12/h4-8,10-11,13-17H,9H2,1-3H3,(H,20,21)/t10-,11-,13?,14?,15?,16+,17?/m1/s1. The number of carbonyl (C=O) groups is 2. The fourth-order valence-corrected chi connectivity index (χ4v) is 4.84. The van der Waals surface area contributed by atoms with Crippen molar-refractivity contribution >= 4 is 11.9 Å². The molecule has 7 atom stereocenters. The second-order valence-electron chi connectivity index (χ2n) is 7.05. The lowest BCUT2D eigenvalue weighted by atomic mass is 9.69. The van der Waals surface area contributed by atoms with E-state index < -0.39 is 23.8 Å². The van der Waals surface area contributed by atoms with Crippen molar-refractivity contribution in [2.45, 2.75) is 26.6 Å². The van der Waals surface area contributed by atoms with Crippen molar-refractivity contribution in [2.75, 3.05) is 7.11 Å². The number of hydrogen-bond acceptors (Lipinski definition) is 4. The molecule has 1 N–H and O–H groups in total. The van der Waals surface area contributed by atoms with E-state index in [9.17, 15) is 14.7 Å². The average molecular weight is 332 g/mol. The molecule has 5 nitrogen and oxygen atoms in total. The van der Waals surface area contributed by atoms with E-state index in [4.69, 9.17) is 9.47 Å². The minimum Gasteiger partial charge on any atom is -0.481 e. The zero-order valence-electron chi connectivity index (χ0n) is 14.2.